The third kappa shape index (κ3) is 6.16. The van der Waals surface area contributed by atoms with E-state index in [-0.39, 0.29) is 28.5 Å². The number of H-pyrrole nitrogens is 1. The maximum absolute atomic E-state index is 12.5. The normalized spacial score (nSPS) is 14.4. The van der Waals surface area contributed by atoms with Crippen molar-refractivity contribution in [1.82, 2.24) is 20.0 Å². The van der Waals surface area contributed by atoms with Crippen molar-refractivity contribution >= 4 is 11.8 Å². The van der Waals surface area contributed by atoms with Crippen molar-refractivity contribution in [3.63, 3.8) is 0 Å². The highest BCUT2D eigenvalue weighted by Crippen LogP contribution is 2.24. The number of carbonyl (C=O) groups excluding carboxylic acids is 2. The monoisotopic (exact) mass is 426 g/mol. The van der Waals surface area contributed by atoms with Gasteiger partial charge in [-0.1, -0.05) is 32.9 Å². The first kappa shape index (κ1) is 22.5. The molecular weight excluding hydrogens is 396 g/mol. The summed E-state index contributed by atoms with van der Waals surface area (Å²) in [6.07, 6.45) is 1.05. The zero-order valence-electron chi connectivity index (χ0n) is 18.4. The molecule has 0 saturated carbocycles. The van der Waals surface area contributed by atoms with Crippen molar-refractivity contribution < 1.29 is 14.3 Å². The van der Waals surface area contributed by atoms with Crippen molar-refractivity contribution in [1.29, 1.82) is 0 Å². The quantitative estimate of drug-likeness (QED) is 0.715. The zero-order chi connectivity index (χ0) is 22.4. The first-order valence-electron chi connectivity index (χ1n) is 10.6. The van der Waals surface area contributed by atoms with Crippen LogP contribution in [0, 0.1) is 0 Å². The Morgan fingerprint density at radius 1 is 1.00 bits per heavy atom. The maximum atomic E-state index is 12.5. The van der Waals surface area contributed by atoms with Crippen LogP contribution < -0.4 is 10.3 Å². The molecule has 0 bridgehead atoms. The molecule has 0 atom stereocenters. The molecule has 2 amide bonds. The summed E-state index contributed by atoms with van der Waals surface area (Å²) in [5.74, 6) is 0.638. The van der Waals surface area contributed by atoms with Crippen LogP contribution in [0.2, 0.25) is 0 Å². The van der Waals surface area contributed by atoms with Crippen LogP contribution in [-0.4, -0.2) is 64.6 Å². The molecule has 1 aliphatic heterocycles. The molecule has 2 aromatic rings. The Kier molecular flexibility index (Phi) is 7.09. The van der Waals surface area contributed by atoms with E-state index in [4.69, 9.17) is 4.74 Å². The molecule has 8 nitrogen and oxygen atoms in total. The largest absolute Gasteiger partial charge is 0.494 e. The van der Waals surface area contributed by atoms with Gasteiger partial charge in [-0.3, -0.25) is 14.4 Å². The maximum Gasteiger partial charge on any atom is 0.274 e. The zero-order valence-corrected chi connectivity index (χ0v) is 18.4. The molecule has 1 saturated heterocycles. The van der Waals surface area contributed by atoms with Gasteiger partial charge in [-0.25, -0.2) is 5.10 Å². The van der Waals surface area contributed by atoms with Crippen LogP contribution in [0.3, 0.4) is 0 Å². The molecule has 1 aliphatic rings. The lowest BCUT2D eigenvalue weighted by atomic mass is 9.87. The SMILES string of the molecule is CC(C)(C)c1ccc(OCCCC(=O)N2CCN(C(=O)c3ccc(=O)[nH]n3)CC2)cc1. The van der Waals surface area contributed by atoms with Crippen molar-refractivity contribution in [2.75, 3.05) is 32.8 Å². The Balaban J connectivity index is 1.38. The van der Waals surface area contributed by atoms with Gasteiger partial charge in [0.2, 0.25) is 5.91 Å². The highest BCUT2D eigenvalue weighted by atomic mass is 16.5. The summed E-state index contributed by atoms with van der Waals surface area (Å²) in [6, 6.07) is 10.8. The van der Waals surface area contributed by atoms with Crippen LogP contribution in [0.25, 0.3) is 0 Å². The number of nitrogens with one attached hydrogen (secondary N) is 1. The Hall–Kier alpha value is -3.16. The molecule has 0 aliphatic carbocycles. The molecule has 1 aromatic heterocycles. The molecular formula is C23H30N4O4. The first-order valence-corrected chi connectivity index (χ1v) is 10.6. The molecule has 0 spiro atoms. The van der Waals surface area contributed by atoms with Gasteiger partial charge in [0, 0.05) is 38.7 Å². The Labute approximate surface area is 182 Å². The average Bonchev–Trinajstić information content (AvgIpc) is 2.76. The van der Waals surface area contributed by atoms with Gasteiger partial charge in [0.15, 0.2) is 0 Å². The second-order valence-corrected chi connectivity index (χ2v) is 8.71. The number of benzene rings is 1. The van der Waals surface area contributed by atoms with Gasteiger partial charge in [-0.2, -0.15) is 5.10 Å². The van der Waals surface area contributed by atoms with Gasteiger partial charge in [0.05, 0.1) is 6.61 Å². The lowest BCUT2D eigenvalue weighted by molar-refractivity contribution is -0.132. The highest BCUT2D eigenvalue weighted by molar-refractivity contribution is 5.92. The fraction of sp³-hybridized carbons (Fsp3) is 0.478. The third-order valence-corrected chi connectivity index (χ3v) is 5.34. The summed E-state index contributed by atoms with van der Waals surface area (Å²) < 4.78 is 5.76. The van der Waals surface area contributed by atoms with E-state index in [9.17, 15) is 14.4 Å². The van der Waals surface area contributed by atoms with E-state index in [1.807, 2.05) is 12.1 Å². The summed E-state index contributed by atoms with van der Waals surface area (Å²) in [5.41, 5.74) is 1.21. The van der Waals surface area contributed by atoms with Gasteiger partial charge in [0.25, 0.3) is 11.5 Å². The van der Waals surface area contributed by atoms with Gasteiger partial charge in [-0.05, 0) is 35.6 Å². The molecule has 3 rings (SSSR count). The van der Waals surface area contributed by atoms with E-state index in [1.165, 1.54) is 17.7 Å². The number of hydrogen-bond acceptors (Lipinski definition) is 5. The van der Waals surface area contributed by atoms with Crippen molar-refractivity contribution in [3.05, 3.63) is 58.0 Å². The minimum atomic E-state index is -0.349. The summed E-state index contributed by atoms with van der Waals surface area (Å²) in [7, 11) is 0. The molecule has 166 valence electrons. The number of rotatable bonds is 6. The smallest absolute Gasteiger partial charge is 0.274 e. The van der Waals surface area contributed by atoms with Crippen LogP contribution in [0.5, 0.6) is 5.75 Å². The van der Waals surface area contributed by atoms with E-state index in [0.29, 0.717) is 45.6 Å². The van der Waals surface area contributed by atoms with E-state index in [2.05, 4.69) is 43.1 Å². The van der Waals surface area contributed by atoms with Crippen LogP contribution in [0.1, 0.15) is 49.7 Å². The number of hydrogen-bond donors (Lipinski definition) is 1. The molecule has 1 aromatic carbocycles. The van der Waals surface area contributed by atoms with E-state index in [1.54, 1.807) is 9.80 Å². The number of piperazine rings is 1. The van der Waals surface area contributed by atoms with E-state index < -0.39 is 0 Å². The number of amides is 2. The minimum Gasteiger partial charge on any atom is -0.494 e. The van der Waals surface area contributed by atoms with Crippen molar-refractivity contribution in [2.45, 2.75) is 39.0 Å². The molecule has 0 unspecified atom stereocenters. The fourth-order valence-electron chi connectivity index (χ4n) is 3.41. The van der Waals surface area contributed by atoms with Crippen molar-refractivity contribution in [3.8, 4) is 5.75 Å². The Morgan fingerprint density at radius 2 is 1.65 bits per heavy atom. The second-order valence-electron chi connectivity index (χ2n) is 8.71. The predicted molar refractivity (Wildman–Crippen MR) is 117 cm³/mol. The van der Waals surface area contributed by atoms with Crippen LogP contribution in [0.4, 0.5) is 0 Å². The number of nitrogens with zero attached hydrogens (tertiary/aromatic N) is 3. The summed E-state index contributed by atoms with van der Waals surface area (Å²) in [6.45, 7) is 8.87. The molecule has 31 heavy (non-hydrogen) atoms. The summed E-state index contributed by atoms with van der Waals surface area (Å²) in [5, 5.41) is 6.04. The Bertz CT molecular complexity index is 934. The summed E-state index contributed by atoms with van der Waals surface area (Å²) >= 11 is 0. The number of aromatic amines is 1. The Morgan fingerprint density at radius 3 is 2.23 bits per heavy atom. The van der Waals surface area contributed by atoms with E-state index >= 15 is 0 Å². The average molecular weight is 427 g/mol. The first-order chi connectivity index (χ1) is 14.7. The number of ether oxygens (including phenoxy) is 1. The lowest BCUT2D eigenvalue weighted by Gasteiger charge is -2.34. The molecule has 1 fully saturated rings. The molecule has 8 heteroatoms. The lowest BCUT2D eigenvalue weighted by Crippen LogP contribution is -2.50. The van der Waals surface area contributed by atoms with Crippen molar-refractivity contribution in [2.24, 2.45) is 0 Å². The van der Waals surface area contributed by atoms with Crippen LogP contribution in [-0.2, 0) is 10.2 Å². The van der Waals surface area contributed by atoms with Crippen LogP contribution in [0.15, 0.2) is 41.2 Å². The van der Waals surface area contributed by atoms with Gasteiger partial charge in [0.1, 0.15) is 11.4 Å². The van der Waals surface area contributed by atoms with E-state index in [0.717, 1.165) is 5.75 Å². The number of carbonyl (C=O) groups is 2. The minimum absolute atomic E-state index is 0.0703. The second kappa shape index (κ2) is 9.76. The predicted octanol–water partition coefficient (Wildman–Crippen LogP) is 2.21. The standard InChI is InChI=1S/C23H30N4O4/c1-23(2,3)17-6-8-18(9-7-17)31-16-4-5-21(29)26-12-14-27(15-13-26)22(30)19-10-11-20(28)25-24-19/h6-11H,4-5,12-16H2,1-3H3,(H,25,28). The third-order valence-electron chi connectivity index (χ3n) is 5.34. The van der Waals surface area contributed by atoms with Gasteiger partial charge < -0.3 is 14.5 Å². The van der Waals surface area contributed by atoms with Gasteiger partial charge >= 0.3 is 0 Å². The molecule has 0 radical (unpaired) electrons. The topological polar surface area (TPSA) is 95.6 Å². The summed E-state index contributed by atoms with van der Waals surface area (Å²) in [4.78, 5) is 39.4. The molecule has 2 heterocycles. The fourth-order valence-corrected chi connectivity index (χ4v) is 3.41. The van der Waals surface area contributed by atoms with Gasteiger partial charge in [-0.15, -0.1) is 0 Å². The molecule has 1 N–H and O–H groups in total. The highest BCUT2D eigenvalue weighted by Gasteiger charge is 2.25. The van der Waals surface area contributed by atoms with Crippen LogP contribution >= 0.6 is 0 Å². The number of aromatic nitrogens is 2.